The van der Waals surface area contributed by atoms with E-state index in [9.17, 15) is 9.18 Å². The van der Waals surface area contributed by atoms with E-state index in [-0.39, 0.29) is 11.8 Å². The van der Waals surface area contributed by atoms with Crippen LogP contribution in [0.3, 0.4) is 0 Å². The van der Waals surface area contributed by atoms with Crippen molar-refractivity contribution in [1.29, 1.82) is 0 Å². The van der Waals surface area contributed by atoms with Crippen molar-refractivity contribution in [3.8, 4) is 5.69 Å². The smallest absolute Gasteiger partial charge is 0.317 e. The number of nitrogens with zero attached hydrogens (tertiary/aromatic N) is 4. The quantitative estimate of drug-likeness (QED) is 0.918. The predicted molar refractivity (Wildman–Crippen MR) is 96.5 cm³/mol. The zero-order valence-corrected chi connectivity index (χ0v) is 14.9. The van der Waals surface area contributed by atoms with Crippen molar-refractivity contribution in [3.05, 3.63) is 48.3 Å². The van der Waals surface area contributed by atoms with E-state index in [1.165, 1.54) is 12.5 Å². The molecule has 0 aliphatic carbocycles. The minimum absolute atomic E-state index is 0.0648. The van der Waals surface area contributed by atoms with Crippen LogP contribution in [0, 0.1) is 5.82 Å². The van der Waals surface area contributed by atoms with Gasteiger partial charge in [-0.1, -0.05) is 6.07 Å². The number of likely N-dealkylation sites (N-methyl/N-ethyl adjacent to an activating group) is 1. The molecule has 2 aliphatic heterocycles. The first-order valence-corrected chi connectivity index (χ1v) is 9.13. The number of aromatic nitrogens is 2. The van der Waals surface area contributed by atoms with Crippen molar-refractivity contribution >= 4 is 6.03 Å². The Labute approximate surface area is 152 Å². The highest BCUT2D eigenvalue weighted by Gasteiger charge is 2.35. The summed E-state index contributed by atoms with van der Waals surface area (Å²) < 4.78 is 15.9. The normalized spacial score (nSPS) is 23.1. The number of likely N-dealkylation sites (tertiary alicyclic amines) is 1. The minimum Gasteiger partial charge on any atom is -0.334 e. The van der Waals surface area contributed by atoms with Crippen molar-refractivity contribution in [1.82, 2.24) is 24.7 Å². The zero-order chi connectivity index (χ0) is 18.1. The number of urea groups is 1. The first kappa shape index (κ1) is 17.0. The van der Waals surface area contributed by atoms with Gasteiger partial charge in [0.25, 0.3) is 0 Å². The third-order valence-corrected chi connectivity index (χ3v) is 5.67. The molecule has 4 rings (SSSR count). The monoisotopic (exact) mass is 357 g/mol. The van der Waals surface area contributed by atoms with Crippen LogP contribution in [0.4, 0.5) is 9.18 Å². The Morgan fingerprint density at radius 3 is 2.92 bits per heavy atom. The Bertz CT molecular complexity index is 778. The van der Waals surface area contributed by atoms with Gasteiger partial charge in [0, 0.05) is 44.1 Å². The van der Waals surface area contributed by atoms with Crippen LogP contribution >= 0.6 is 0 Å². The molecule has 2 fully saturated rings. The van der Waals surface area contributed by atoms with Crippen molar-refractivity contribution in [2.24, 2.45) is 0 Å². The second kappa shape index (κ2) is 7.07. The lowest BCUT2D eigenvalue weighted by molar-refractivity contribution is 0.188. The summed E-state index contributed by atoms with van der Waals surface area (Å²) in [5.74, 6) is -0.330. The number of carbonyl (C=O) groups excluding carboxylic acids is 1. The molecule has 1 aromatic heterocycles. The van der Waals surface area contributed by atoms with Crippen molar-refractivity contribution in [2.75, 3.05) is 20.1 Å². The topological polar surface area (TPSA) is 53.4 Å². The van der Waals surface area contributed by atoms with Gasteiger partial charge in [-0.15, -0.1) is 0 Å². The Balaban J connectivity index is 1.36. The SMILES string of the molecule is CN1C2CCC1CN(C(=O)NCc1ccc(-n3ccnc3)c(F)c1)CC2. The van der Waals surface area contributed by atoms with Gasteiger partial charge in [-0.3, -0.25) is 4.90 Å². The van der Waals surface area contributed by atoms with E-state index in [1.54, 1.807) is 29.4 Å². The van der Waals surface area contributed by atoms with Gasteiger partial charge in [0.05, 0.1) is 12.0 Å². The third-order valence-electron chi connectivity index (χ3n) is 5.67. The number of rotatable bonds is 3. The van der Waals surface area contributed by atoms with Crippen LogP contribution in [0.15, 0.2) is 36.9 Å². The molecule has 6 nitrogen and oxygen atoms in total. The third kappa shape index (κ3) is 3.31. The van der Waals surface area contributed by atoms with Crippen LogP contribution in [0.5, 0.6) is 0 Å². The maximum absolute atomic E-state index is 14.3. The fourth-order valence-electron chi connectivity index (χ4n) is 4.05. The van der Waals surface area contributed by atoms with Gasteiger partial charge >= 0.3 is 6.03 Å². The molecule has 3 heterocycles. The van der Waals surface area contributed by atoms with Crippen LogP contribution in [-0.4, -0.2) is 57.6 Å². The standard InChI is InChI=1S/C19H24FN5O/c1-23-15-3-4-16(23)12-24(8-6-15)19(26)22-11-14-2-5-18(17(20)10-14)25-9-7-21-13-25/h2,5,7,9-10,13,15-16H,3-4,6,8,11-12H2,1H3,(H,22,26). The van der Waals surface area contributed by atoms with Gasteiger partial charge in [-0.25, -0.2) is 14.2 Å². The zero-order valence-electron chi connectivity index (χ0n) is 14.9. The van der Waals surface area contributed by atoms with E-state index >= 15 is 0 Å². The summed E-state index contributed by atoms with van der Waals surface area (Å²) in [5.41, 5.74) is 1.19. The van der Waals surface area contributed by atoms with E-state index in [0.717, 1.165) is 31.5 Å². The Morgan fingerprint density at radius 2 is 2.15 bits per heavy atom. The molecule has 2 amide bonds. The molecule has 2 atom stereocenters. The highest BCUT2D eigenvalue weighted by atomic mass is 19.1. The number of nitrogens with one attached hydrogen (secondary N) is 1. The van der Waals surface area contributed by atoms with E-state index < -0.39 is 0 Å². The first-order chi connectivity index (χ1) is 12.6. The maximum atomic E-state index is 14.3. The molecule has 2 bridgehead atoms. The minimum atomic E-state index is -0.330. The van der Waals surface area contributed by atoms with E-state index in [0.29, 0.717) is 24.3 Å². The number of hydrogen-bond donors (Lipinski definition) is 1. The average molecular weight is 357 g/mol. The van der Waals surface area contributed by atoms with Gasteiger partial charge < -0.3 is 14.8 Å². The maximum Gasteiger partial charge on any atom is 0.317 e. The molecule has 2 aliphatic rings. The second-order valence-corrected chi connectivity index (χ2v) is 7.20. The van der Waals surface area contributed by atoms with E-state index in [4.69, 9.17) is 0 Å². The summed E-state index contributed by atoms with van der Waals surface area (Å²) in [6, 6.07) is 6.00. The van der Waals surface area contributed by atoms with Crippen LogP contribution in [-0.2, 0) is 6.54 Å². The molecule has 1 aromatic carbocycles. The first-order valence-electron chi connectivity index (χ1n) is 9.13. The Kier molecular flexibility index (Phi) is 4.63. The second-order valence-electron chi connectivity index (χ2n) is 7.20. The van der Waals surface area contributed by atoms with Crippen LogP contribution in [0.25, 0.3) is 5.69 Å². The molecule has 26 heavy (non-hydrogen) atoms. The van der Waals surface area contributed by atoms with Crippen LogP contribution in [0.1, 0.15) is 24.8 Å². The molecular weight excluding hydrogens is 333 g/mol. The van der Waals surface area contributed by atoms with Crippen LogP contribution < -0.4 is 5.32 Å². The Morgan fingerprint density at radius 1 is 1.31 bits per heavy atom. The number of benzene rings is 1. The largest absolute Gasteiger partial charge is 0.334 e. The molecule has 0 saturated carbocycles. The van der Waals surface area contributed by atoms with Crippen molar-refractivity contribution in [3.63, 3.8) is 0 Å². The summed E-state index contributed by atoms with van der Waals surface area (Å²) in [6.45, 7) is 1.87. The molecule has 2 aromatic rings. The molecule has 1 N–H and O–H groups in total. The Hall–Kier alpha value is -2.41. The number of fused-ring (bicyclic) bond motifs is 2. The van der Waals surface area contributed by atoms with Crippen molar-refractivity contribution in [2.45, 2.75) is 37.9 Å². The summed E-state index contributed by atoms with van der Waals surface area (Å²) >= 11 is 0. The highest BCUT2D eigenvalue weighted by Crippen LogP contribution is 2.28. The van der Waals surface area contributed by atoms with Gasteiger partial charge in [0.1, 0.15) is 5.82 Å². The number of imidazole rings is 1. The summed E-state index contributed by atoms with van der Waals surface area (Å²) in [4.78, 5) is 20.8. The predicted octanol–water partition coefficient (Wildman–Crippen LogP) is 2.39. The number of carbonyl (C=O) groups is 1. The lowest BCUT2D eigenvalue weighted by Gasteiger charge is -2.26. The summed E-state index contributed by atoms with van der Waals surface area (Å²) in [7, 11) is 2.16. The van der Waals surface area contributed by atoms with Gasteiger partial charge in [0.15, 0.2) is 0 Å². The molecule has 0 spiro atoms. The fraction of sp³-hybridized carbons (Fsp3) is 0.474. The fourth-order valence-corrected chi connectivity index (χ4v) is 4.05. The van der Waals surface area contributed by atoms with Gasteiger partial charge in [0.2, 0.25) is 0 Å². The molecule has 2 unspecified atom stereocenters. The lowest BCUT2D eigenvalue weighted by Crippen LogP contribution is -2.44. The summed E-state index contributed by atoms with van der Waals surface area (Å²) in [6.07, 6.45) is 8.28. The molecule has 2 saturated heterocycles. The molecule has 0 radical (unpaired) electrons. The van der Waals surface area contributed by atoms with Crippen molar-refractivity contribution < 1.29 is 9.18 Å². The molecule has 138 valence electrons. The van der Waals surface area contributed by atoms with E-state index in [1.807, 2.05) is 11.0 Å². The molecular formula is C19H24FN5O. The average Bonchev–Trinajstić information content (AvgIpc) is 3.22. The summed E-state index contributed by atoms with van der Waals surface area (Å²) in [5, 5.41) is 2.93. The van der Waals surface area contributed by atoms with E-state index in [2.05, 4.69) is 22.2 Å². The number of hydrogen-bond acceptors (Lipinski definition) is 3. The number of amides is 2. The van der Waals surface area contributed by atoms with Crippen LogP contribution in [0.2, 0.25) is 0 Å². The lowest BCUT2D eigenvalue weighted by atomic mass is 10.1. The van der Waals surface area contributed by atoms with Gasteiger partial charge in [-0.05, 0) is 44.0 Å². The molecule has 7 heteroatoms. The number of halogens is 1. The van der Waals surface area contributed by atoms with Gasteiger partial charge in [-0.2, -0.15) is 0 Å². The highest BCUT2D eigenvalue weighted by molar-refractivity contribution is 5.74.